The molecule has 0 aliphatic rings. The van der Waals surface area contributed by atoms with Gasteiger partial charge in [0.15, 0.2) is 0 Å². The lowest BCUT2D eigenvalue weighted by Crippen LogP contribution is -2.40. The number of hydrogen-bond acceptors (Lipinski definition) is 5. The normalized spacial score (nSPS) is 11.6. The van der Waals surface area contributed by atoms with Crippen molar-refractivity contribution in [3.63, 3.8) is 0 Å². The van der Waals surface area contributed by atoms with Crippen LogP contribution in [0.3, 0.4) is 0 Å². The summed E-state index contributed by atoms with van der Waals surface area (Å²) < 4.78 is 34.6. The van der Waals surface area contributed by atoms with Gasteiger partial charge in [-0.15, -0.1) is 0 Å². The van der Waals surface area contributed by atoms with E-state index in [0.717, 1.165) is 26.7 Å². The number of hydrogen-bond donors (Lipinski definition) is 1. The second-order valence-corrected chi connectivity index (χ2v) is 10.7. The highest BCUT2D eigenvalue weighted by atomic mass is 32.2. The van der Waals surface area contributed by atoms with Crippen LogP contribution in [0.4, 0.5) is 5.95 Å². The van der Waals surface area contributed by atoms with Crippen molar-refractivity contribution in [1.82, 2.24) is 13.9 Å². The number of amides is 1. The minimum Gasteiger partial charge on any atom is -0.383 e. The second kappa shape index (κ2) is 11.5. The molecule has 1 N–H and O–H groups in total. The van der Waals surface area contributed by atoms with Crippen LogP contribution in [0, 0.1) is 13.8 Å². The lowest BCUT2D eigenvalue weighted by atomic mass is 10.2. The number of carbonyl (C=O) groups is 1. The largest absolute Gasteiger partial charge is 0.383 e. The Morgan fingerprint density at radius 3 is 2.19 bits per heavy atom. The Hall–Kier alpha value is -3.79. The van der Waals surface area contributed by atoms with Crippen LogP contribution in [0.1, 0.15) is 11.1 Å². The molecule has 0 bridgehead atoms. The quantitative estimate of drug-likeness (QED) is 0.335. The van der Waals surface area contributed by atoms with Crippen molar-refractivity contribution < 1.29 is 17.9 Å². The number of sulfonamides is 1. The molecule has 9 heteroatoms. The van der Waals surface area contributed by atoms with E-state index in [9.17, 15) is 13.2 Å². The third-order valence-electron chi connectivity index (χ3n) is 5.86. The van der Waals surface area contributed by atoms with Crippen molar-refractivity contribution in [2.24, 2.45) is 0 Å². The Balaban J connectivity index is 1.63. The number of rotatable bonds is 10. The van der Waals surface area contributed by atoms with E-state index in [2.05, 4.69) is 10.3 Å². The van der Waals surface area contributed by atoms with Crippen LogP contribution in [-0.2, 0) is 19.6 Å². The maximum absolute atomic E-state index is 13.3. The molecule has 192 valence electrons. The van der Waals surface area contributed by atoms with Crippen molar-refractivity contribution >= 4 is 21.9 Å². The van der Waals surface area contributed by atoms with E-state index in [1.54, 1.807) is 28.8 Å². The number of benzene rings is 3. The second-order valence-electron chi connectivity index (χ2n) is 8.71. The number of aromatic nitrogens is 2. The molecule has 0 aliphatic heterocycles. The Bertz CT molecular complexity index is 1450. The first-order valence-corrected chi connectivity index (χ1v) is 13.3. The molecule has 1 heterocycles. The Morgan fingerprint density at radius 2 is 1.57 bits per heavy atom. The van der Waals surface area contributed by atoms with E-state index < -0.39 is 15.9 Å². The fraction of sp³-hybridized carbons (Fsp3) is 0.214. The number of nitrogens with zero attached hydrogens (tertiary/aromatic N) is 3. The summed E-state index contributed by atoms with van der Waals surface area (Å²) in [4.78, 5) is 18.0. The molecule has 8 nitrogen and oxygen atoms in total. The molecule has 0 aliphatic carbocycles. The van der Waals surface area contributed by atoms with Crippen LogP contribution in [0.2, 0.25) is 0 Å². The summed E-state index contributed by atoms with van der Waals surface area (Å²) in [6.45, 7) is 3.67. The molecule has 3 aromatic carbocycles. The van der Waals surface area contributed by atoms with Gasteiger partial charge < -0.3 is 4.74 Å². The van der Waals surface area contributed by atoms with E-state index >= 15 is 0 Å². The van der Waals surface area contributed by atoms with Crippen LogP contribution in [0.5, 0.6) is 0 Å². The average Bonchev–Trinajstić information content (AvgIpc) is 3.31. The molecule has 1 amide bonds. The first-order chi connectivity index (χ1) is 17.8. The van der Waals surface area contributed by atoms with Gasteiger partial charge >= 0.3 is 0 Å². The summed E-state index contributed by atoms with van der Waals surface area (Å²) in [5.41, 5.74) is 4.44. The monoisotopic (exact) mass is 518 g/mol. The van der Waals surface area contributed by atoms with Gasteiger partial charge in [0.2, 0.25) is 21.9 Å². The van der Waals surface area contributed by atoms with Crippen molar-refractivity contribution in [3.8, 4) is 16.9 Å². The molecule has 1 aromatic heterocycles. The van der Waals surface area contributed by atoms with Gasteiger partial charge in [-0.1, -0.05) is 65.7 Å². The molecule has 4 aromatic rings. The van der Waals surface area contributed by atoms with Gasteiger partial charge in [-0.2, -0.15) is 4.31 Å². The van der Waals surface area contributed by atoms with Crippen molar-refractivity contribution in [2.75, 3.05) is 32.1 Å². The van der Waals surface area contributed by atoms with E-state index in [0.29, 0.717) is 11.6 Å². The zero-order valence-corrected chi connectivity index (χ0v) is 21.9. The van der Waals surface area contributed by atoms with Gasteiger partial charge in [0, 0.05) is 31.1 Å². The van der Waals surface area contributed by atoms with Gasteiger partial charge in [0.25, 0.3) is 0 Å². The molecule has 0 radical (unpaired) electrons. The number of imidazole rings is 1. The highest BCUT2D eigenvalue weighted by Crippen LogP contribution is 2.25. The topological polar surface area (TPSA) is 93.5 Å². The minimum atomic E-state index is -3.92. The molecular formula is C28H30N4O4S. The Morgan fingerprint density at radius 1 is 0.946 bits per heavy atom. The predicted molar refractivity (Wildman–Crippen MR) is 144 cm³/mol. The zero-order valence-electron chi connectivity index (χ0n) is 21.1. The lowest BCUT2D eigenvalue weighted by molar-refractivity contribution is -0.116. The number of methoxy groups -OCH3 is 1. The van der Waals surface area contributed by atoms with E-state index in [-0.39, 0.29) is 24.6 Å². The van der Waals surface area contributed by atoms with Crippen LogP contribution < -0.4 is 5.32 Å². The maximum atomic E-state index is 13.3. The van der Waals surface area contributed by atoms with E-state index in [1.165, 1.54) is 7.11 Å². The summed E-state index contributed by atoms with van der Waals surface area (Å²) in [7, 11) is -2.43. The Labute approximate surface area is 217 Å². The maximum Gasteiger partial charge on any atom is 0.243 e. The van der Waals surface area contributed by atoms with Crippen LogP contribution >= 0.6 is 0 Å². The summed E-state index contributed by atoms with van der Waals surface area (Å²) >= 11 is 0. The number of carbonyl (C=O) groups excluding carboxylic acids is 1. The number of anilines is 1. The van der Waals surface area contributed by atoms with Crippen molar-refractivity contribution in [2.45, 2.75) is 18.7 Å². The first-order valence-electron chi connectivity index (χ1n) is 11.9. The third kappa shape index (κ3) is 6.32. The summed E-state index contributed by atoms with van der Waals surface area (Å²) in [6, 6.07) is 24.0. The van der Waals surface area contributed by atoms with Crippen LogP contribution in [0.15, 0.2) is 90.0 Å². The molecule has 0 saturated carbocycles. The standard InChI is InChI=1S/C28H30N4O4S/c1-21-9-13-24(14-10-21)32-19-26(23-7-5-4-6-8-23)29-28(32)30-27(33)20-31(17-18-36-3)37(34,35)25-15-11-22(2)12-16-25/h4-16,19H,17-18,20H2,1-3H3,(H,29,30,33). The number of ether oxygens (including phenoxy) is 1. The Kier molecular flexibility index (Phi) is 8.17. The number of nitrogens with one attached hydrogen (secondary N) is 1. The zero-order chi connectivity index (χ0) is 26.4. The summed E-state index contributed by atoms with van der Waals surface area (Å²) in [6.07, 6.45) is 1.85. The van der Waals surface area contributed by atoms with Gasteiger partial charge in [0.1, 0.15) is 0 Å². The van der Waals surface area contributed by atoms with Crippen molar-refractivity contribution in [3.05, 3.63) is 96.2 Å². The fourth-order valence-corrected chi connectivity index (χ4v) is 5.16. The molecule has 0 fully saturated rings. The van der Waals surface area contributed by atoms with Gasteiger partial charge in [-0.05, 0) is 38.1 Å². The highest BCUT2D eigenvalue weighted by Gasteiger charge is 2.27. The average molecular weight is 519 g/mol. The molecule has 0 saturated heterocycles. The molecular weight excluding hydrogens is 488 g/mol. The van der Waals surface area contributed by atoms with E-state index in [1.807, 2.05) is 74.6 Å². The van der Waals surface area contributed by atoms with Gasteiger partial charge in [-0.3, -0.25) is 14.7 Å². The third-order valence-corrected chi connectivity index (χ3v) is 7.72. The minimum absolute atomic E-state index is 0.0296. The SMILES string of the molecule is COCCN(CC(=O)Nc1nc(-c2ccccc2)cn1-c1ccc(C)cc1)S(=O)(=O)c1ccc(C)cc1. The van der Waals surface area contributed by atoms with Crippen LogP contribution in [0.25, 0.3) is 16.9 Å². The fourth-order valence-electron chi connectivity index (χ4n) is 3.78. The van der Waals surface area contributed by atoms with Crippen LogP contribution in [-0.4, -0.2) is 55.0 Å². The van der Waals surface area contributed by atoms with Gasteiger partial charge in [0.05, 0.1) is 23.7 Å². The highest BCUT2D eigenvalue weighted by molar-refractivity contribution is 7.89. The molecule has 0 spiro atoms. The van der Waals surface area contributed by atoms with Crippen molar-refractivity contribution in [1.29, 1.82) is 0 Å². The molecule has 4 rings (SSSR count). The van der Waals surface area contributed by atoms with E-state index in [4.69, 9.17) is 4.74 Å². The summed E-state index contributed by atoms with van der Waals surface area (Å²) in [5, 5.41) is 2.82. The lowest BCUT2D eigenvalue weighted by Gasteiger charge is -2.21. The molecule has 0 atom stereocenters. The predicted octanol–water partition coefficient (Wildman–Crippen LogP) is 4.43. The smallest absolute Gasteiger partial charge is 0.243 e. The first kappa shape index (κ1) is 26.3. The molecule has 0 unspecified atom stereocenters. The number of aryl methyl sites for hydroxylation is 2. The summed E-state index contributed by atoms with van der Waals surface area (Å²) in [5.74, 6) is -0.211. The molecule has 37 heavy (non-hydrogen) atoms. The van der Waals surface area contributed by atoms with Gasteiger partial charge in [-0.25, -0.2) is 13.4 Å².